The van der Waals surface area contributed by atoms with Gasteiger partial charge in [-0.25, -0.2) is 13.6 Å². The number of amides is 3. The molecular formula is C19H17F2N3O4. The number of halogens is 2. The van der Waals surface area contributed by atoms with Crippen LogP contribution in [0.3, 0.4) is 0 Å². The molecule has 7 nitrogen and oxygen atoms in total. The zero-order chi connectivity index (χ0) is 20.4. The molecule has 0 saturated heterocycles. The minimum atomic E-state index is -1.44. The van der Waals surface area contributed by atoms with Crippen LogP contribution in [0.1, 0.15) is 21.5 Å². The molecule has 0 aromatic heterocycles. The van der Waals surface area contributed by atoms with Gasteiger partial charge in [0.15, 0.2) is 0 Å². The second kappa shape index (κ2) is 7.63. The van der Waals surface area contributed by atoms with Gasteiger partial charge in [-0.05, 0) is 41.5 Å². The Kier molecular flexibility index (Phi) is 5.25. The molecule has 1 unspecified atom stereocenters. The Morgan fingerprint density at radius 1 is 1.21 bits per heavy atom. The average molecular weight is 389 g/mol. The van der Waals surface area contributed by atoms with Crippen molar-refractivity contribution in [1.82, 2.24) is 10.6 Å². The van der Waals surface area contributed by atoms with Gasteiger partial charge in [-0.15, -0.1) is 0 Å². The quantitative estimate of drug-likeness (QED) is 0.729. The van der Waals surface area contributed by atoms with E-state index in [0.29, 0.717) is 23.9 Å². The molecule has 1 aliphatic heterocycles. The second-order valence-electron chi connectivity index (χ2n) is 6.41. The van der Waals surface area contributed by atoms with Crippen molar-refractivity contribution in [3.63, 3.8) is 0 Å². The Morgan fingerprint density at radius 3 is 2.54 bits per heavy atom. The molecule has 1 aliphatic rings. The maximum atomic E-state index is 13.4. The molecule has 146 valence electrons. The van der Waals surface area contributed by atoms with E-state index in [9.17, 15) is 23.2 Å². The molecule has 9 heteroatoms. The first kappa shape index (κ1) is 19.3. The third-order valence-corrected chi connectivity index (χ3v) is 4.45. The van der Waals surface area contributed by atoms with E-state index in [1.807, 2.05) is 0 Å². The molecule has 0 spiro atoms. The summed E-state index contributed by atoms with van der Waals surface area (Å²) in [5.41, 5.74) is 1.83. The number of benzene rings is 2. The molecule has 3 N–H and O–H groups in total. The van der Waals surface area contributed by atoms with E-state index in [1.165, 1.54) is 11.9 Å². The minimum absolute atomic E-state index is 0.141. The number of nitrogens with one attached hydrogen (secondary N) is 2. The largest absolute Gasteiger partial charge is 0.465 e. The molecule has 3 rings (SSSR count). The summed E-state index contributed by atoms with van der Waals surface area (Å²) in [6.07, 6.45) is -1.66. The summed E-state index contributed by atoms with van der Waals surface area (Å²) >= 11 is 0. The number of fused-ring (bicyclic) bond motifs is 1. The van der Waals surface area contributed by atoms with Crippen LogP contribution in [0.25, 0.3) is 0 Å². The predicted molar refractivity (Wildman–Crippen MR) is 96.0 cm³/mol. The Balaban J connectivity index is 1.84. The highest BCUT2D eigenvalue weighted by molar-refractivity contribution is 6.01. The molecule has 0 fully saturated rings. The number of carbonyl (C=O) groups is 3. The van der Waals surface area contributed by atoms with E-state index < -0.39 is 29.7 Å². The zero-order valence-electron chi connectivity index (χ0n) is 14.8. The van der Waals surface area contributed by atoms with Crippen molar-refractivity contribution < 1.29 is 28.3 Å². The number of hydrogen-bond acceptors (Lipinski definition) is 3. The van der Waals surface area contributed by atoms with Crippen molar-refractivity contribution in [3.05, 3.63) is 64.7 Å². The zero-order valence-corrected chi connectivity index (χ0v) is 14.8. The van der Waals surface area contributed by atoms with Gasteiger partial charge < -0.3 is 20.6 Å². The molecule has 2 aromatic carbocycles. The van der Waals surface area contributed by atoms with E-state index in [4.69, 9.17) is 5.11 Å². The Bertz CT molecular complexity index is 944. The number of carboxylic acid groups (broad SMARTS) is 1. The van der Waals surface area contributed by atoms with Gasteiger partial charge in [0.25, 0.3) is 5.91 Å². The van der Waals surface area contributed by atoms with E-state index in [-0.39, 0.29) is 17.9 Å². The smallest absolute Gasteiger partial charge is 0.405 e. The lowest BCUT2D eigenvalue weighted by Crippen LogP contribution is -2.48. The van der Waals surface area contributed by atoms with Crippen molar-refractivity contribution in [3.8, 4) is 0 Å². The maximum absolute atomic E-state index is 13.4. The van der Waals surface area contributed by atoms with Crippen LogP contribution in [0.2, 0.25) is 0 Å². The Morgan fingerprint density at radius 2 is 1.89 bits per heavy atom. The molecule has 0 aliphatic carbocycles. The van der Waals surface area contributed by atoms with Crippen LogP contribution >= 0.6 is 0 Å². The highest BCUT2D eigenvalue weighted by Gasteiger charge is 2.27. The Labute approximate surface area is 159 Å². The fraction of sp³-hybridized carbons (Fsp3) is 0.211. The number of hydrogen-bond donors (Lipinski definition) is 3. The summed E-state index contributed by atoms with van der Waals surface area (Å²) < 4.78 is 26.8. The Hall–Kier alpha value is -3.49. The van der Waals surface area contributed by atoms with Gasteiger partial charge in [-0.2, -0.15) is 0 Å². The van der Waals surface area contributed by atoms with Gasteiger partial charge in [0.2, 0.25) is 5.91 Å². The highest BCUT2D eigenvalue weighted by Crippen LogP contribution is 2.23. The molecular weight excluding hydrogens is 372 g/mol. The normalized spacial score (nSPS) is 13.5. The van der Waals surface area contributed by atoms with E-state index in [1.54, 1.807) is 18.2 Å². The van der Waals surface area contributed by atoms with Gasteiger partial charge in [0, 0.05) is 37.3 Å². The molecule has 0 bridgehead atoms. The van der Waals surface area contributed by atoms with Gasteiger partial charge in [-0.1, -0.05) is 0 Å². The summed E-state index contributed by atoms with van der Waals surface area (Å²) in [7, 11) is 1.46. The first-order valence-electron chi connectivity index (χ1n) is 8.37. The van der Waals surface area contributed by atoms with Gasteiger partial charge in [0.1, 0.15) is 17.7 Å². The third-order valence-electron chi connectivity index (χ3n) is 4.45. The van der Waals surface area contributed by atoms with Crippen LogP contribution in [-0.2, 0) is 17.8 Å². The van der Waals surface area contributed by atoms with E-state index in [0.717, 1.165) is 17.7 Å². The first-order chi connectivity index (χ1) is 13.2. The molecule has 3 amide bonds. The van der Waals surface area contributed by atoms with Crippen LogP contribution < -0.4 is 15.5 Å². The standard InChI is InChI=1S/C19H17F2N3O4/c1-24(14-2-3-15-11(7-14)9-22-17(15)25)18(26)16(23-19(27)28)6-10-4-12(20)8-13(21)5-10/h2-5,7-8,16,23H,6,9H2,1H3,(H,22,25)(H,27,28). The lowest BCUT2D eigenvalue weighted by Gasteiger charge is -2.24. The predicted octanol–water partition coefficient (Wildman–Crippen LogP) is 2.05. The maximum Gasteiger partial charge on any atom is 0.405 e. The SMILES string of the molecule is CN(C(=O)C(Cc1cc(F)cc(F)c1)NC(=O)O)c1ccc2c(c1)CNC2=O. The third kappa shape index (κ3) is 4.08. The van der Waals surface area contributed by atoms with E-state index in [2.05, 4.69) is 10.6 Å². The fourth-order valence-electron chi connectivity index (χ4n) is 3.10. The summed E-state index contributed by atoms with van der Waals surface area (Å²) in [5, 5.41) is 13.8. The fourth-order valence-corrected chi connectivity index (χ4v) is 3.10. The van der Waals surface area contributed by atoms with Crippen molar-refractivity contribution in [2.45, 2.75) is 19.0 Å². The average Bonchev–Trinajstić information content (AvgIpc) is 2.99. The van der Waals surface area contributed by atoms with Crippen LogP contribution in [0, 0.1) is 11.6 Å². The van der Waals surface area contributed by atoms with Crippen molar-refractivity contribution in [2.75, 3.05) is 11.9 Å². The van der Waals surface area contributed by atoms with Crippen LogP contribution in [0.15, 0.2) is 36.4 Å². The number of rotatable bonds is 5. The van der Waals surface area contributed by atoms with Crippen molar-refractivity contribution >= 4 is 23.6 Å². The van der Waals surface area contributed by atoms with Crippen LogP contribution in [0.4, 0.5) is 19.3 Å². The van der Waals surface area contributed by atoms with Crippen LogP contribution in [-0.4, -0.2) is 36.1 Å². The number of likely N-dealkylation sites (N-methyl/N-ethyl adjacent to an activating group) is 1. The van der Waals surface area contributed by atoms with Crippen LogP contribution in [0.5, 0.6) is 0 Å². The minimum Gasteiger partial charge on any atom is -0.465 e. The molecule has 28 heavy (non-hydrogen) atoms. The molecule has 0 saturated carbocycles. The van der Waals surface area contributed by atoms with Gasteiger partial charge in [0.05, 0.1) is 0 Å². The van der Waals surface area contributed by atoms with Crippen molar-refractivity contribution in [2.24, 2.45) is 0 Å². The monoisotopic (exact) mass is 389 g/mol. The lowest BCUT2D eigenvalue weighted by molar-refractivity contribution is -0.120. The number of anilines is 1. The van der Waals surface area contributed by atoms with Gasteiger partial charge in [-0.3, -0.25) is 9.59 Å². The molecule has 1 heterocycles. The highest BCUT2D eigenvalue weighted by atomic mass is 19.1. The summed E-state index contributed by atoms with van der Waals surface area (Å²) in [4.78, 5) is 36.8. The summed E-state index contributed by atoms with van der Waals surface area (Å²) in [6.45, 7) is 0.337. The number of nitrogens with zero attached hydrogens (tertiary/aromatic N) is 1. The summed E-state index contributed by atoms with van der Waals surface area (Å²) in [6, 6.07) is 6.33. The van der Waals surface area contributed by atoms with E-state index >= 15 is 0 Å². The lowest BCUT2D eigenvalue weighted by atomic mass is 10.0. The second-order valence-corrected chi connectivity index (χ2v) is 6.41. The molecule has 0 radical (unpaired) electrons. The summed E-state index contributed by atoms with van der Waals surface area (Å²) in [5.74, 6) is -2.44. The molecule has 1 atom stereocenters. The first-order valence-corrected chi connectivity index (χ1v) is 8.37. The van der Waals surface area contributed by atoms with Crippen molar-refractivity contribution in [1.29, 1.82) is 0 Å². The topological polar surface area (TPSA) is 98.7 Å². The van der Waals surface area contributed by atoms with Gasteiger partial charge >= 0.3 is 6.09 Å². The number of carbonyl (C=O) groups excluding carboxylic acids is 2. The molecule has 2 aromatic rings.